The highest BCUT2D eigenvalue weighted by atomic mass is 32.2. The summed E-state index contributed by atoms with van der Waals surface area (Å²) in [4.78, 5) is 14.9. The molecule has 0 radical (unpaired) electrons. The fourth-order valence-corrected chi connectivity index (χ4v) is 5.61. The van der Waals surface area contributed by atoms with Gasteiger partial charge in [0, 0.05) is 24.8 Å². The van der Waals surface area contributed by atoms with E-state index in [1.165, 1.54) is 0 Å². The van der Waals surface area contributed by atoms with E-state index in [4.69, 9.17) is 9.47 Å². The molecule has 2 saturated heterocycles. The number of benzene rings is 2. The highest BCUT2D eigenvalue weighted by Gasteiger charge is 2.36. The molecule has 29 heavy (non-hydrogen) atoms. The second-order valence-electron chi connectivity index (χ2n) is 7.59. The molecular weight excluding hydrogens is 390 g/mol. The number of amides is 1. The molecule has 2 aromatic carbocycles. The molecular formula is C22H25NO5S. The Bertz CT molecular complexity index is 937. The van der Waals surface area contributed by atoms with Crippen LogP contribution in [0.5, 0.6) is 11.5 Å². The SMILES string of the molecule is O=C(c1ccc(Oc2ccccc2)cc1)N(CC1CCCO1)C1CCS(=O)(=O)C1. The van der Waals surface area contributed by atoms with Crippen LogP contribution < -0.4 is 4.74 Å². The molecule has 2 atom stereocenters. The lowest BCUT2D eigenvalue weighted by Crippen LogP contribution is -2.45. The first-order chi connectivity index (χ1) is 14.0. The maximum Gasteiger partial charge on any atom is 0.254 e. The molecule has 2 unspecified atom stereocenters. The van der Waals surface area contributed by atoms with Gasteiger partial charge in [0.1, 0.15) is 11.5 Å². The number of carbonyl (C=O) groups excluding carboxylic acids is 1. The number of ether oxygens (including phenoxy) is 2. The van der Waals surface area contributed by atoms with Gasteiger partial charge in [-0.15, -0.1) is 0 Å². The van der Waals surface area contributed by atoms with Crippen LogP contribution in [0.3, 0.4) is 0 Å². The summed E-state index contributed by atoms with van der Waals surface area (Å²) in [6.07, 6.45) is 2.33. The molecule has 2 fully saturated rings. The van der Waals surface area contributed by atoms with E-state index in [2.05, 4.69) is 0 Å². The van der Waals surface area contributed by atoms with Gasteiger partial charge in [0.15, 0.2) is 9.84 Å². The second kappa shape index (κ2) is 8.55. The van der Waals surface area contributed by atoms with Gasteiger partial charge < -0.3 is 14.4 Å². The van der Waals surface area contributed by atoms with Crippen LogP contribution in [0.2, 0.25) is 0 Å². The number of hydrogen-bond acceptors (Lipinski definition) is 5. The number of nitrogens with zero attached hydrogens (tertiary/aromatic N) is 1. The van der Waals surface area contributed by atoms with Gasteiger partial charge in [0.05, 0.1) is 17.6 Å². The molecule has 154 valence electrons. The maximum absolute atomic E-state index is 13.2. The summed E-state index contributed by atoms with van der Waals surface area (Å²) in [5, 5.41) is 0. The van der Waals surface area contributed by atoms with Crippen molar-refractivity contribution in [1.82, 2.24) is 4.90 Å². The summed E-state index contributed by atoms with van der Waals surface area (Å²) in [5.74, 6) is 1.37. The molecule has 0 aromatic heterocycles. The fraction of sp³-hybridized carbons (Fsp3) is 0.409. The minimum atomic E-state index is -3.09. The normalized spacial score (nSPS) is 23.0. The Morgan fingerprint density at radius 3 is 2.38 bits per heavy atom. The third-order valence-corrected chi connectivity index (χ3v) is 7.16. The third-order valence-electron chi connectivity index (χ3n) is 5.41. The second-order valence-corrected chi connectivity index (χ2v) is 9.82. The van der Waals surface area contributed by atoms with Gasteiger partial charge in [-0.3, -0.25) is 4.79 Å². The van der Waals surface area contributed by atoms with Crippen LogP contribution in [0.25, 0.3) is 0 Å². The zero-order chi connectivity index (χ0) is 20.3. The van der Waals surface area contributed by atoms with Gasteiger partial charge >= 0.3 is 0 Å². The topological polar surface area (TPSA) is 72.9 Å². The standard InChI is InChI=1S/C22H25NO5S/c24-22(17-8-10-20(11-9-17)28-19-5-2-1-3-6-19)23(15-21-7-4-13-27-21)18-12-14-29(25,26)16-18/h1-3,5-6,8-11,18,21H,4,7,12-16H2. The van der Waals surface area contributed by atoms with Crippen LogP contribution in [0.4, 0.5) is 0 Å². The number of hydrogen-bond donors (Lipinski definition) is 0. The Morgan fingerprint density at radius 2 is 1.76 bits per heavy atom. The van der Waals surface area contributed by atoms with Crippen LogP contribution in [0, 0.1) is 0 Å². The van der Waals surface area contributed by atoms with Crippen molar-refractivity contribution < 1.29 is 22.7 Å². The van der Waals surface area contributed by atoms with Crippen molar-refractivity contribution in [3.63, 3.8) is 0 Å². The highest BCUT2D eigenvalue weighted by molar-refractivity contribution is 7.91. The van der Waals surface area contributed by atoms with Crippen molar-refractivity contribution in [2.45, 2.75) is 31.4 Å². The van der Waals surface area contributed by atoms with Gasteiger partial charge in [-0.2, -0.15) is 0 Å². The lowest BCUT2D eigenvalue weighted by Gasteiger charge is -2.30. The van der Waals surface area contributed by atoms with Gasteiger partial charge in [0.2, 0.25) is 0 Å². The van der Waals surface area contributed by atoms with E-state index in [1.807, 2.05) is 30.3 Å². The Hall–Kier alpha value is -2.38. The molecule has 0 N–H and O–H groups in total. The number of carbonyl (C=O) groups is 1. The van der Waals surface area contributed by atoms with Gasteiger partial charge in [-0.25, -0.2) is 8.42 Å². The lowest BCUT2D eigenvalue weighted by atomic mass is 10.1. The fourth-order valence-electron chi connectivity index (χ4n) is 3.88. The monoisotopic (exact) mass is 415 g/mol. The molecule has 0 bridgehead atoms. The van der Waals surface area contributed by atoms with Gasteiger partial charge in [-0.05, 0) is 55.7 Å². The van der Waals surface area contributed by atoms with Crippen LogP contribution in [0.15, 0.2) is 54.6 Å². The number of para-hydroxylation sites is 1. The molecule has 0 saturated carbocycles. The maximum atomic E-state index is 13.2. The summed E-state index contributed by atoms with van der Waals surface area (Å²) < 4.78 is 35.4. The van der Waals surface area contributed by atoms with Crippen molar-refractivity contribution in [2.24, 2.45) is 0 Å². The number of rotatable bonds is 6. The lowest BCUT2D eigenvalue weighted by molar-refractivity contribution is 0.0441. The zero-order valence-corrected chi connectivity index (χ0v) is 17.0. The summed E-state index contributed by atoms with van der Waals surface area (Å²) in [6.45, 7) is 1.13. The van der Waals surface area contributed by atoms with E-state index in [0.717, 1.165) is 18.6 Å². The van der Waals surface area contributed by atoms with Gasteiger partial charge in [0.25, 0.3) is 5.91 Å². The van der Waals surface area contributed by atoms with Crippen LogP contribution in [-0.2, 0) is 14.6 Å². The Morgan fingerprint density at radius 1 is 1.03 bits per heavy atom. The minimum Gasteiger partial charge on any atom is -0.457 e. The third kappa shape index (κ3) is 4.97. The highest BCUT2D eigenvalue weighted by Crippen LogP contribution is 2.25. The molecule has 0 spiro atoms. The van der Waals surface area contributed by atoms with E-state index in [0.29, 0.717) is 30.9 Å². The average Bonchev–Trinajstić information content (AvgIpc) is 3.36. The van der Waals surface area contributed by atoms with Crippen LogP contribution in [-0.4, -0.2) is 56.0 Å². The molecule has 2 aliphatic heterocycles. The Labute approximate surface area is 171 Å². The summed E-state index contributed by atoms with van der Waals surface area (Å²) >= 11 is 0. The minimum absolute atomic E-state index is 0.0251. The molecule has 6 nitrogen and oxygen atoms in total. The zero-order valence-electron chi connectivity index (χ0n) is 16.2. The largest absolute Gasteiger partial charge is 0.457 e. The van der Waals surface area contributed by atoms with Crippen molar-refractivity contribution >= 4 is 15.7 Å². The van der Waals surface area contributed by atoms with E-state index in [9.17, 15) is 13.2 Å². The molecule has 2 heterocycles. The van der Waals surface area contributed by atoms with E-state index in [-0.39, 0.29) is 29.6 Å². The van der Waals surface area contributed by atoms with Gasteiger partial charge in [-0.1, -0.05) is 18.2 Å². The van der Waals surface area contributed by atoms with E-state index < -0.39 is 9.84 Å². The quantitative estimate of drug-likeness (QED) is 0.724. The van der Waals surface area contributed by atoms with Crippen LogP contribution in [0.1, 0.15) is 29.6 Å². The first-order valence-corrected chi connectivity index (χ1v) is 11.8. The molecule has 2 aromatic rings. The van der Waals surface area contributed by atoms with E-state index >= 15 is 0 Å². The summed E-state index contributed by atoms with van der Waals surface area (Å²) in [6, 6.07) is 16.1. The molecule has 7 heteroatoms. The van der Waals surface area contributed by atoms with E-state index in [1.54, 1.807) is 29.2 Å². The van der Waals surface area contributed by atoms with Crippen molar-refractivity contribution in [3.8, 4) is 11.5 Å². The molecule has 0 aliphatic carbocycles. The first-order valence-electron chi connectivity index (χ1n) is 9.96. The predicted molar refractivity (Wildman–Crippen MR) is 110 cm³/mol. The van der Waals surface area contributed by atoms with Crippen molar-refractivity contribution in [1.29, 1.82) is 0 Å². The first kappa shape index (κ1) is 19.9. The molecule has 4 rings (SSSR count). The molecule has 1 amide bonds. The number of sulfone groups is 1. The molecule has 2 aliphatic rings. The Balaban J connectivity index is 1.50. The van der Waals surface area contributed by atoms with Crippen LogP contribution >= 0.6 is 0 Å². The van der Waals surface area contributed by atoms with Crippen molar-refractivity contribution in [3.05, 3.63) is 60.2 Å². The predicted octanol–water partition coefficient (Wildman–Crippen LogP) is 3.29. The summed E-state index contributed by atoms with van der Waals surface area (Å²) in [7, 11) is -3.09. The average molecular weight is 416 g/mol. The Kier molecular flexibility index (Phi) is 5.87. The summed E-state index contributed by atoms with van der Waals surface area (Å²) in [5.41, 5.74) is 0.521. The van der Waals surface area contributed by atoms with Crippen molar-refractivity contribution in [2.75, 3.05) is 24.7 Å². The smallest absolute Gasteiger partial charge is 0.254 e.